The summed E-state index contributed by atoms with van der Waals surface area (Å²) in [6.45, 7) is 4.02. The van der Waals surface area contributed by atoms with Crippen LogP contribution in [-0.4, -0.2) is 24.3 Å². The van der Waals surface area contributed by atoms with E-state index in [1.165, 1.54) is 6.20 Å². The maximum absolute atomic E-state index is 12.1. The number of hydrogen-bond donors (Lipinski definition) is 1. The van der Waals surface area contributed by atoms with Crippen molar-refractivity contribution in [3.8, 4) is 5.88 Å². The van der Waals surface area contributed by atoms with Gasteiger partial charge in [-0.15, -0.1) is 0 Å². The third kappa shape index (κ3) is 5.86. The minimum atomic E-state index is -4.35. The van der Waals surface area contributed by atoms with E-state index in [2.05, 4.69) is 28.9 Å². The first-order valence-electron chi connectivity index (χ1n) is 5.72. The van der Waals surface area contributed by atoms with E-state index >= 15 is 0 Å². The van der Waals surface area contributed by atoms with Crippen molar-refractivity contribution in [3.05, 3.63) is 23.9 Å². The van der Waals surface area contributed by atoms with Crippen molar-refractivity contribution >= 4 is 0 Å². The maximum atomic E-state index is 12.1. The quantitative estimate of drug-likeness (QED) is 0.856. The number of pyridine rings is 1. The molecule has 1 heterocycles. The highest BCUT2D eigenvalue weighted by Crippen LogP contribution is 2.19. The highest BCUT2D eigenvalue weighted by molar-refractivity contribution is 5.25. The van der Waals surface area contributed by atoms with Gasteiger partial charge in [0.2, 0.25) is 5.88 Å². The van der Waals surface area contributed by atoms with Gasteiger partial charge in [-0.2, -0.15) is 13.2 Å². The minimum absolute atomic E-state index is 0.0334. The first-order valence-corrected chi connectivity index (χ1v) is 5.72. The summed E-state index contributed by atoms with van der Waals surface area (Å²) in [6.07, 6.45) is -2.93. The second kappa shape index (κ2) is 6.58. The fourth-order valence-corrected chi connectivity index (χ4v) is 1.33. The normalized spacial score (nSPS) is 11.9. The molecule has 1 rings (SSSR count). The summed E-state index contributed by atoms with van der Waals surface area (Å²) in [6, 6.07) is 3.37. The summed E-state index contributed by atoms with van der Waals surface area (Å²) in [5.41, 5.74) is 0.627. The molecule has 102 valence electrons. The highest BCUT2D eigenvalue weighted by atomic mass is 19.4. The van der Waals surface area contributed by atoms with E-state index in [1.54, 1.807) is 12.1 Å². The molecule has 1 aromatic rings. The number of halogens is 3. The van der Waals surface area contributed by atoms with E-state index in [4.69, 9.17) is 0 Å². The fourth-order valence-electron chi connectivity index (χ4n) is 1.33. The Kier molecular flexibility index (Phi) is 5.40. The topological polar surface area (TPSA) is 34.2 Å². The summed E-state index contributed by atoms with van der Waals surface area (Å²) in [7, 11) is 0. The van der Waals surface area contributed by atoms with Crippen LogP contribution >= 0.6 is 0 Å². The van der Waals surface area contributed by atoms with Gasteiger partial charge in [0.25, 0.3) is 0 Å². The zero-order valence-electron chi connectivity index (χ0n) is 10.4. The molecule has 0 saturated carbocycles. The standard InChI is InChI=1S/C12H17F3N2O/c1-9(2)6-16-7-10-4-3-5-17-11(10)18-8-12(13,14)15/h3-5,9,16H,6-8H2,1-2H3. The molecule has 0 amide bonds. The number of nitrogens with zero attached hydrogens (tertiary/aromatic N) is 1. The Morgan fingerprint density at radius 1 is 1.39 bits per heavy atom. The Morgan fingerprint density at radius 2 is 2.11 bits per heavy atom. The predicted molar refractivity (Wildman–Crippen MR) is 62.3 cm³/mol. The van der Waals surface area contributed by atoms with E-state index in [1.807, 2.05) is 0 Å². The molecule has 0 atom stereocenters. The largest absolute Gasteiger partial charge is 0.468 e. The zero-order valence-corrected chi connectivity index (χ0v) is 10.4. The number of nitrogens with one attached hydrogen (secondary N) is 1. The van der Waals surface area contributed by atoms with Crippen LogP contribution in [0.3, 0.4) is 0 Å². The minimum Gasteiger partial charge on any atom is -0.468 e. The first kappa shape index (κ1) is 14.8. The van der Waals surface area contributed by atoms with Gasteiger partial charge in [-0.1, -0.05) is 19.9 Å². The Labute approximate surface area is 104 Å². The van der Waals surface area contributed by atoms with Gasteiger partial charge in [-0.3, -0.25) is 0 Å². The first-order chi connectivity index (χ1) is 8.38. The van der Waals surface area contributed by atoms with Crippen LogP contribution in [0.1, 0.15) is 19.4 Å². The van der Waals surface area contributed by atoms with Crippen LogP contribution in [0.25, 0.3) is 0 Å². The van der Waals surface area contributed by atoms with Gasteiger partial charge in [0, 0.05) is 18.3 Å². The highest BCUT2D eigenvalue weighted by Gasteiger charge is 2.29. The van der Waals surface area contributed by atoms with Crippen molar-refractivity contribution in [2.75, 3.05) is 13.2 Å². The molecule has 0 aromatic carbocycles. The molecule has 0 fully saturated rings. The number of ether oxygens (including phenoxy) is 1. The van der Waals surface area contributed by atoms with Crippen LogP contribution in [0, 0.1) is 5.92 Å². The van der Waals surface area contributed by atoms with Crippen molar-refractivity contribution in [1.29, 1.82) is 0 Å². The number of aromatic nitrogens is 1. The molecule has 1 aromatic heterocycles. The molecular formula is C12H17F3N2O. The monoisotopic (exact) mass is 262 g/mol. The second-order valence-corrected chi connectivity index (χ2v) is 4.40. The molecule has 3 nitrogen and oxygen atoms in total. The molecule has 0 aliphatic rings. The SMILES string of the molecule is CC(C)CNCc1cccnc1OCC(F)(F)F. The molecule has 0 saturated heterocycles. The molecule has 0 aliphatic heterocycles. The van der Waals surface area contributed by atoms with Gasteiger partial charge in [0.05, 0.1) is 0 Å². The van der Waals surface area contributed by atoms with Crippen molar-refractivity contribution in [3.63, 3.8) is 0 Å². The number of alkyl halides is 3. The Morgan fingerprint density at radius 3 is 2.72 bits per heavy atom. The van der Waals surface area contributed by atoms with Gasteiger partial charge >= 0.3 is 6.18 Å². The van der Waals surface area contributed by atoms with Crippen LogP contribution in [0.5, 0.6) is 5.88 Å². The van der Waals surface area contributed by atoms with Gasteiger partial charge in [0.15, 0.2) is 6.61 Å². The number of rotatable bonds is 6. The molecular weight excluding hydrogens is 245 g/mol. The van der Waals surface area contributed by atoms with E-state index < -0.39 is 12.8 Å². The summed E-state index contributed by atoms with van der Waals surface area (Å²) in [5.74, 6) is 0.507. The van der Waals surface area contributed by atoms with Crippen molar-refractivity contribution in [1.82, 2.24) is 10.3 Å². The van der Waals surface area contributed by atoms with Gasteiger partial charge < -0.3 is 10.1 Å². The molecule has 0 bridgehead atoms. The third-order valence-electron chi connectivity index (χ3n) is 2.09. The Balaban J connectivity index is 2.56. The molecule has 18 heavy (non-hydrogen) atoms. The van der Waals surface area contributed by atoms with Crippen LogP contribution in [-0.2, 0) is 6.54 Å². The zero-order chi connectivity index (χ0) is 13.6. The average Bonchev–Trinajstić information content (AvgIpc) is 2.26. The average molecular weight is 262 g/mol. The van der Waals surface area contributed by atoms with E-state index in [0.29, 0.717) is 18.0 Å². The van der Waals surface area contributed by atoms with Crippen LogP contribution in [0.2, 0.25) is 0 Å². The van der Waals surface area contributed by atoms with E-state index in [-0.39, 0.29) is 5.88 Å². The van der Waals surface area contributed by atoms with Crippen LogP contribution in [0.4, 0.5) is 13.2 Å². The Hall–Kier alpha value is -1.30. The maximum Gasteiger partial charge on any atom is 0.422 e. The van der Waals surface area contributed by atoms with E-state index in [0.717, 1.165) is 6.54 Å². The fraction of sp³-hybridized carbons (Fsp3) is 0.583. The summed E-state index contributed by atoms with van der Waals surface area (Å²) >= 11 is 0. The lowest BCUT2D eigenvalue weighted by molar-refractivity contribution is -0.154. The summed E-state index contributed by atoms with van der Waals surface area (Å²) in [4.78, 5) is 3.82. The van der Waals surface area contributed by atoms with Gasteiger partial charge in [0.1, 0.15) is 0 Å². The molecule has 1 N–H and O–H groups in total. The second-order valence-electron chi connectivity index (χ2n) is 4.40. The van der Waals surface area contributed by atoms with Gasteiger partial charge in [-0.25, -0.2) is 4.98 Å². The van der Waals surface area contributed by atoms with Crippen molar-refractivity contribution < 1.29 is 17.9 Å². The smallest absolute Gasteiger partial charge is 0.422 e. The van der Waals surface area contributed by atoms with Crippen molar-refractivity contribution in [2.45, 2.75) is 26.6 Å². The van der Waals surface area contributed by atoms with Gasteiger partial charge in [-0.05, 0) is 18.5 Å². The molecule has 0 spiro atoms. The summed E-state index contributed by atoms with van der Waals surface area (Å²) in [5, 5.41) is 3.14. The molecule has 6 heteroatoms. The predicted octanol–water partition coefficient (Wildman–Crippen LogP) is 2.77. The lowest BCUT2D eigenvalue weighted by Crippen LogP contribution is -2.22. The molecule has 0 unspecified atom stereocenters. The van der Waals surface area contributed by atoms with Crippen LogP contribution < -0.4 is 10.1 Å². The molecule has 0 radical (unpaired) electrons. The Bertz CT molecular complexity index is 367. The van der Waals surface area contributed by atoms with E-state index in [9.17, 15) is 13.2 Å². The lowest BCUT2D eigenvalue weighted by atomic mass is 10.2. The summed E-state index contributed by atoms with van der Waals surface area (Å²) < 4.78 is 40.9. The van der Waals surface area contributed by atoms with Crippen molar-refractivity contribution in [2.24, 2.45) is 5.92 Å². The number of hydrogen-bond acceptors (Lipinski definition) is 3. The third-order valence-corrected chi connectivity index (χ3v) is 2.09. The lowest BCUT2D eigenvalue weighted by Gasteiger charge is -2.13. The molecule has 0 aliphatic carbocycles. The van der Waals surface area contributed by atoms with Crippen LogP contribution in [0.15, 0.2) is 18.3 Å².